The van der Waals surface area contributed by atoms with Gasteiger partial charge in [-0.05, 0) is 37.0 Å². The molecule has 0 radical (unpaired) electrons. The molecule has 2 aromatic rings. The lowest BCUT2D eigenvalue weighted by molar-refractivity contribution is -0.129. The molecule has 5 rings (SSSR count). The minimum Gasteiger partial charge on any atom is -0.393 e. The molecule has 0 saturated carbocycles. The zero-order chi connectivity index (χ0) is 21.2. The Labute approximate surface area is 183 Å². The first-order chi connectivity index (χ1) is 15.2. The van der Waals surface area contributed by atoms with E-state index in [-0.39, 0.29) is 23.9 Å². The first-order valence-corrected chi connectivity index (χ1v) is 11.3. The number of carbonyl (C=O) groups is 1. The molecule has 162 valence electrons. The predicted octanol–water partition coefficient (Wildman–Crippen LogP) is 3.38. The molecule has 0 bridgehead atoms. The first kappa shape index (κ1) is 20.2. The van der Waals surface area contributed by atoms with E-state index in [1.807, 2.05) is 58.4 Å². The van der Waals surface area contributed by atoms with Gasteiger partial charge < -0.3 is 14.7 Å². The highest BCUT2D eigenvalue weighted by atomic mass is 16.5. The SMILES string of the molecule is O=C(C1=NN(c2ccccc2)C(c2ccccc2)C1)N1CCCC1C1COCCC1O. The molecule has 3 aliphatic rings. The Morgan fingerprint density at radius 1 is 1.03 bits per heavy atom. The molecule has 4 unspecified atom stereocenters. The summed E-state index contributed by atoms with van der Waals surface area (Å²) in [6.45, 7) is 1.83. The number of aliphatic hydroxyl groups is 1. The van der Waals surface area contributed by atoms with Crippen LogP contribution in [0.15, 0.2) is 65.8 Å². The van der Waals surface area contributed by atoms with E-state index in [0.717, 1.165) is 24.1 Å². The number of hydrogen-bond acceptors (Lipinski definition) is 5. The van der Waals surface area contributed by atoms with Crippen LogP contribution in [0.1, 0.15) is 37.3 Å². The quantitative estimate of drug-likeness (QED) is 0.825. The van der Waals surface area contributed by atoms with Gasteiger partial charge in [0.15, 0.2) is 0 Å². The summed E-state index contributed by atoms with van der Waals surface area (Å²) in [6.07, 6.45) is 2.68. The van der Waals surface area contributed by atoms with Crippen molar-refractivity contribution in [3.63, 3.8) is 0 Å². The van der Waals surface area contributed by atoms with Gasteiger partial charge in [0.25, 0.3) is 5.91 Å². The second-order valence-electron chi connectivity index (χ2n) is 8.66. The molecular weight excluding hydrogens is 390 g/mol. The Balaban J connectivity index is 1.41. The number of benzene rings is 2. The maximum absolute atomic E-state index is 13.6. The summed E-state index contributed by atoms with van der Waals surface area (Å²) >= 11 is 0. The zero-order valence-electron chi connectivity index (χ0n) is 17.6. The zero-order valence-corrected chi connectivity index (χ0v) is 17.6. The van der Waals surface area contributed by atoms with Crippen LogP contribution in [0.4, 0.5) is 5.69 Å². The number of ether oxygens (including phenoxy) is 1. The van der Waals surface area contributed by atoms with E-state index in [2.05, 4.69) is 12.1 Å². The largest absolute Gasteiger partial charge is 0.393 e. The van der Waals surface area contributed by atoms with Gasteiger partial charge in [-0.1, -0.05) is 48.5 Å². The molecule has 2 fully saturated rings. The predicted molar refractivity (Wildman–Crippen MR) is 120 cm³/mol. The third-order valence-corrected chi connectivity index (χ3v) is 6.78. The topological polar surface area (TPSA) is 65.4 Å². The van der Waals surface area contributed by atoms with Crippen molar-refractivity contribution in [3.8, 4) is 0 Å². The lowest BCUT2D eigenvalue weighted by Gasteiger charge is -2.36. The molecule has 2 saturated heterocycles. The van der Waals surface area contributed by atoms with E-state index in [4.69, 9.17) is 9.84 Å². The van der Waals surface area contributed by atoms with Gasteiger partial charge >= 0.3 is 0 Å². The minimum atomic E-state index is -0.407. The minimum absolute atomic E-state index is 0.000337. The summed E-state index contributed by atoms with van der Waals surface area (Å²) in [5.74, 6) is -0.0167. The average molecular weight is 420 g/mol. The van der Waals surface area contributed by atoms with Crippen LogP contribution >= 0.6 is 0 Å². The van der Waals surface area contributed by atoms with Crippen LogP contribution in [-0.4, -0.2) is 53.5 Å². The van der Waals surface area contributed by atoms with E-state index in [0.29, 0.717) is 38.3 Å². The normalized spacial score (nSPS) is 28.6. The van der Waals surface area contributed by atoms with E-state index >= 15 is 0 Å². The van der Waals surface area contributed by atoms with Gasteiger partial charge in [0.2, 0.25) is 0 Å². The fourth-order valence-corrected chi connectivity index (χ4v) is 5.16. The summed E-state index contributed by atoms with van der Waals surface area (Å²) < 4.78 is 5.63. The molecular formula is C25H29N3O3. The van der Waals surface area contributed by atoms with Crippen molar-refractivity contribution in [1.29, 1.82) is 0 Å². The van der Waals surface area contributed by atoms with Crippen molar-refractivity contribution in [2.75, 3.05) is 24.8 Å². The highest BCUT2D eigenvalue weighted by Crippen LogP contribution is 2.37. The Kier molecular flexibility index (Phi) is 5.74. The van der Waals surface area contributed by atoms with E-state index in [1.165, 1.54) is 0 Å². The summed E-state index contributed by atoms with van der Waals surface area (Å²) in [4.78, 5) is 15.5. The molecule has 0 aromatic heterocycles. The smallest absolute Gasteiger partial charge is 0.270 e. The number of para-hydroxylation sites is 1. The standard InChI is InChI=1S/C25H29N3O3/c29-24-13-15-31-17-20(24)22-12-7-14-27(22)25(30)21-16-23(18-8-3-1-4-9-18)28(26-21)19-10-5-2-6-11-19/h1-6,8-11,20,22-24,29H,7,12-17H2. The monoisotopic (exact) mass is 419 g/mol. The number of nitrogens with zero attached hydrogens (tertiary/aromatic N) is 3. The lowest BCUT2D eigenvalue weighted by Crippen LogP contribution is -2.49. The number of hydrazone groups is 1. The van der Waals surface area contributed by atoms with Gasteiger partial charge in [-0.25, -0.2) is 0 Å². The third kappa shape index (κ3) is 3.98. The molecule has 0 aliphatic carbocycles. The molecule has 4 atom stereocenters. The second-order valence-corrected chi connectivity index (χ2v) is 8.66. The summed E-state index contributed by atoms with van der Waals surface area (Å²) in [5, 5.41) is 17.3. The van der Waals surface area contributed by atoms with Gasteiger partial charge in [0.05, 0.1) is 24.4 Å². The number of rotatable bonds is 4. The highest BCUT2D eigenvalue weighted by Gasteiger charge is 2.42. The molecule has 0 spiro atoms. The van der Waals surface area contributed by atoms with Crippen molar-refractivity contribution in [3.05, 3.63) is 66.2 Å². The van der Waals surface area contributed by atoms with Gasteiger partial charge in [-0.2, -0.15) is 5.10 Å². The van der Waals surface area contributed by atoms with Crippen LogP contribution < -0.4 is 5.01 Å². The Morgan fingerprint density at radius 3 is 2.52 bits per heavy atom. The van der Waals surface area contributed by atoms with Crippen LogP contribution in [0.2, 0.25) is 0 Å². The maximum Gasteiger partial charge on any atom is 0.270 e. The van der Waals surface area contributed by atoms with Crippen LogP contribution in [-0.2, 0) is 9.53 Å². The Hall–Kier alpha value is -2.70. The molecule has 3 heterocycles. The Morgan fingerprint density at radius 2 is 1.77 bits per heavy atom. The Bertz CT molecular complexity index is 934. The lowest BCUT2D eigenvalue weighted by atomic mass is 9.89. The van der Waals surface area contributed by atoms with Crippen LogP contribution in [0, 0.1) is 5.92 Å². The number of likely N-dealkylation sites (tertiary alicyclic amines) is 1. The fourth-order valence-electron chi connectivity index (χ4n) is 5.16. The summed E-state index contributed by atoms with van der Waals surface area (Å²) in [6, 6.07) is 20.3. The summed E-state index contributed by atoms with van der Waals surface area (Å²) in [5.41, 5.74) is 2.72. The van der Waals surface area contributed by atoms with Gasteiger partial charge in [0.1, 0.15) is 5.71 Å². The molecule has 6 heteroatoms. The van der Waals surface area contributed by atoms with Crippen molar-refractivity contribution >= 4 is 17.3 Å². The number of aliphatic hydroxyl groups excluding tert-OH is 1. The van der Waals surface area contributed by atoms with Crippen LogP contribution in [0.3, 0.4) is 0 Å². The number of carbonyl (C=O) groups excluding carboxylic acids is 1. The van der Waals surface area contributed by atoms with Crippen LogP contribution in [0.5, 0.6) is 0 Å². The highest BCUT2D eigenvalue weighted by molar-refractivity contribution is 6.39. The van der Waals surface area contributed by atoms with Crippen LogP contribution in [0.25, 0.3) is 0 Å². The number of anilines is 1. The molecule has 1 amide bonds. The maximum atomic E-state index is 13.6. The van der Waals surface area contributed by atoms with Crippen molar-refractivity contribution in [1.82, 2.24) is 4.90 Å². The van der Waals surface area contributed by atoms with Crippen molar-refractivity contribution in [2.24, 2.45) is 11.0 Å². The number of hydrogen-bond donors (Lipinski definition) is 1. The van der Waals surface area contributed by atoms with E-state index < -0.39 is 6.10 Å². The molecule has 31 heavy (non-hydrogen) atoms. The van der Waals surface area contributed by atoms with E-state index in [1.54, 1.807) is 0 Å². The third-order valence-electron chi connectivity index (χ3n) is 6.78. The van der Waals surface area contributed by atoms with Gasteiger partial charge in [-0.3, -0.25) is 9.80 Å². The first-order valence-electron chi connectivity index (χ1n) is 11.3. The summed E-state index contributed by atoms with van der Waals surface area (Å²) in [7, 11) is 0. The van der Waals surface area contributed by atoms with Gasteiger partial charge in [-0.15, -0.1) is 0 Å². The van der Waals surface area contributed by atoms with Crippen molar-refractivity contribution in [2.45, 2.75) is 43.9 Å². The van der Waals surface area contributed by atoms with E-state index in [9.17, 15) is 9.90 Å². The molecule has 6 nitrogen and oxygen atoms in total. The van der Waals surface area contributed by atoms with Gasteiger partial charge in [0, 0.05) is 31.5 Å². The average Bonchev–Trinajstić information content (AvgIpc) is 3.48. The fraction of sp³-hybridized carbons (Fsp3) is 0.440. The van der Waals surface area contributed by atoms with Crippen molar-refractivity contribution < 1.29 is 14.6 Å². The molecule has 3 aliphatic heterocycles. The molecule has 1 N–H and O–H groups in total. The molecule has 2 aromatic carbocycles. The second kappa shape index (κ2) is 8.81. The number of amides is 1.